The first kappa shape index (κ1) is 10.7. The molecule has 0 fully saturated rings. The molecule has 0 saturated carbocycles. The van der Waals surface area contributed by atoms with E-state index < -0.39 is 5.97 Å². The van der Waals surface area contributed by atoms with Crippen molar-refractivity contribution in [1.29, 1.82) is 0 Å². The Morgan fingerprint density at radius 1 is 1.58 bits per heavy atom. The number of carboxylic acids is 1. The molecule has 1 aromatic heterocycles. The molecule has 1 rings (SSSR count). The highest BCUT2D eigenvalue weighted by molar-refractivity contribution is 5.86. The monoisotopic (exact) mass is 189 g/mol. The van der Waals surface area contributed by atoms with Crippen LogP contribution in [0.2, 0.25) is 0 Å². The number of rotatable bonds is 1. The molecule has 12 heavy (non-hydrogen) atoms. The lowest BCUT2D eigenvalue weighted by molar-refractivity contribution is 0.0689. The molecule has 0 bridgehead atoms. The van der Waals surface area contributed by atoms with E-state index in [0.29, 0.717) is 0 Å². The number of nitrogens with one attached hydrogen (secondary N) is 1. The van der Waals surface area contributed by atoms with Gasteiger partial charge in [0.15, 0.2) is 5.43 Å². The van der Waals surface area contributed by atoms with Crippen molar-refractivity contribution in [2.24, 2.45) is 0 Å². The summed E-state index contributed by atoms with van der Waals surface area (Å²) in [6.07, 6.45) is 1.32. The summed E-state index contributed by atoms with van der Waals surface area (Å²) in [6, 6.07) is 1.29. The molecular weight excluding hydrogens is 182 g/mol. The minimum absolute atomic E-state index is 0. The minimum Gasteiger partial charge on any atom is -0.477 e. The summed E-state index contributed by atoms with van der Waals surface area (Å²) in [6.45, 7) is 1.47. The highest BCUT2D eigenvalue weighted by Gasteiger charge is 2.07. The number of carbonyl (C=O) groups is 1. The van der Waals surface area contributed by atoms with Crippen molar-refractivity contribution in [1.82, 2.24) is 4.98 Å². The van der Waals surface area contributed by atoms with Gasteiger partial charge in [-0.05, 0) is 6.92 Å². The van der Waals surface area contributed by atoms with Crippen LogP contribution in [-0.4, -0.2) is 16.1 Å². The zero-order chi connectivity index (χ0) is 8.43. The summed E-state index contributed by atoms with van der Waals surface area (Å²) in [5.74, 6) is -1.11. The molecule has 5 heteroatoms. The van der Waals surface area contributed by atoms with Crippen LogP contribution in [0, 0.1) is 6.92 Å². The second-order valence-corrected chi connectivity index (χ2v) is 2.15. The van der Waals surface area contributed by atoms with E-state index in [1.807, 2.05) is 0 Å². The fourth-order valence-electron chi connectivity index (χ4n) is 0.779. The number of carboxylic acid groups (broad SMARTS) is 1. The van der Waals surface area contributed by atoms with Gasteiger partial charge in [0.1, 0.15) is 5.69 Å². The smallest absolute Gasteiger partial charge is 0.352 e. The Morgan fingerprint density at radius 2 is 2.17 bits per heavy atom. The number of aromatic carboxylic acids is 1. The van der Waals surface area contributed by atoms with E-state index in [9.17, 15) is 9.59 Å². The predicted molar refractivity (Wildman–Crippen MR) is 46.0 cm³/mol. The van der Waals surface area contributed by atoms with E-state index in [-0.39, 0.29) is 29.1 Å². The molecule has 4 nitrogen and oxygen atoms in total. The first-order valence-electron chi connectivity index (χ1n) is 3.04. The largest absolute Gasteiger partial charge is 0.477 e. The molecule has 0 aliphatic carbocycles. The third-order valence-corrected chi connectivity index (χ3v) is 1.42. The van der Waals surface area contributed by atoms with Crippen molar-refractivity contribution in [2.75, 3.05) is 0 Å². The molecule has 0 aromatic carbocycles. The number of aromatic amines is 1. The van der Waals surface area contributed by atoms with E-state index in [0.717, 1.165) is 0 Å². The molecule has 0 radical (unpaired) electrons. The van der Waals surface area contributed by atoms with Gasteiger partial charge in [0, 0.05) is 17.8 Å². The first-order chi connectivity index (χ1) is 5.13. The number of aromatic nitrogens is 1. The molecule has 1 aromatic rings. The molecule has 0 spiro atoms. The third-order valence-electron chi connectivity index (χ3n) is 1.42. The average molecular weight is 190 g/mol. The Labute approximate surface area is 74.7 Å². The summed E-state index contributed by atoms with van der Waals surface area (Å²) >= 11 is 0. The van der Waals surface area contributed by atoms with E-state index in [1.54, 1.807) is 0 Å². The van der Waals surface area contributed by atoms with E-state index in [4.69, 9.17) is 5.11 Å². The molecule has 2 N–H and O–H groups in total. The Balaban J connectivity index is 0.00000121. The van der Waals surface area contributed by atoms with Crippen LogP contribution in [0.15, 0.2) is 17.1 Å². The SMILES string of the molecule is Cc1c(C(=O)O)[nH]ccc1=O.Cl. The zero-order valence-electron chi connectivity index (χ0n) is 6.33. The Kier molecular flexibility index (Phi) is 3.50. The van der Waals surface area contributed by atoms with Crippen LogP contribution in [0.5, 0.6) is 0 Å². The molecule has 0 atom stereocenters. The van der Waals surface area contributed by atoms with Crippen LogP contribution in [0.3, 0.4) is 0 Å². The van der Waals surface area contributed by atoms with Gasteiger partial charge in [-0.15, -0.1) is 12.4 Å². The lowest BCUT2D eigenvalue weighted by atomic mass is 10.2. The molecule has 0 amide bonds. The number of hydrogen-bond acceptors (Lipinski definition) is 2. The van der Waals surface area contributed by atoms with Gasteiger partial charge in [-0.2, -0.15) is 0 Å². The van der Waals surface area contributed by atoms with Gasteiger partial charge in [-0.3, -0.25) is 4.79 Å². The Bertz CT molecular complexity index is 345. The number of H-pyrrole nitrogens is 1. The minimum atomic E-state index is -1.11. The summed E-state index contributed by atoms with van der Waals surface area (Å²) in [5.41, 5.74) is -0.0707. The molecule has 0 aliphatic rings. The van der Waals surface area contributed by atoms with E-state index in [1.165, 1.54) is 19.2 Å². The lowest BCUT2D eigenvalue weighted by Gasteiger charge is -1.96. The van der Waals surface area contributed by atoms with Crippen molar-refractivity contribution >= 4 is 18.4 Å². The fourth-order valence-corrected chi connectivity index (χ4v) is 0.779. The average Bonchev–Trinajstić information content (AvgIpc) is 1.94. The highest BCUT2D eigenvalue weighted by atomic mass is 35.5. The van der Waals surface area contributed by atoms with Crippen molar-refractivity contribution in [3.8, 4) is 0 Å². The summed E-state index contributed by atoms with van der Waals surface area (Å²) in [5, 5.41) is 8.52. The highest BCUT2D eigenvalue weighted by Crippen LogP contribution is 1.96. The van der Waals surface area contributed by atoms with Crippen molar-refractivity contribution in [3.05, 3.63) is 33.7 Å². The third kappa shape index (κ3) is 1.85. The number of hydrogen-bond donors (Lipinski definition) is 2. The van der Waals surface area contributed by atoms with Crippen molar-refractivity contribution in [3.63, 3.8) is 0 Å². The summed E-state index contributed by atoms with van der Waals surface area (Å²) in [7, 11) is 0. The standard InChI is InChI=1S/C7H7NO3.ClH/c1-4-5(9)2-3-8-6(4)7(10)11;/h2-3H,1H3,(H,8,9)(H,10,11);1H. The van der Waals surface area contributed by atoms with Crippen LogP contribution < -0.4 is 5.43 Å². The summed E-state index contributed by atoms with van der Waals surface area (Å²) in [4.78, 5) is 23.7. The van der Waals surface area contributed by atoms with E-state index >= 15 is 0 Å². The maximum absolute atomic E-state index is 10.9. The van der Waals surface area contributed by atoms with Gasteiger partial charge in [0.2, 0.25) is 0 Å². The first-order valence-corrected chi connectivity index (χ1v) is 3.04. The van der Waals surface area contributed by atoms with Crippen LogP contribution >= 0.6 is 12.4 Å². The molecule has 1 heterocycles. The van der Waals surface area contributed by atoms with Gasteiger partial charge < -0.3 is 10.1 Å². The predicted octanol–water partition coefficient (Wildman–Crippen LogP) is 0.803. The Hall–Kier alpha value is -1.29. The van der Waals surface area contributed by atoms with Gasteiger partial charge >= 0.3 is 5.97 Å². The molecular formula is C7H8ClNO3. The van der Waals surface area contributed by atoms with E-state index in [2.05, 4.69) is 4.98 Å². The van der Waals surface area contributed by atoms with Crippen molar-refractivity contribution < 1.29 is 9.90 Å². The topological polar surface area (TPSA) is 70.2 Å². The molecule has 0 saturated heterocycles. The maximum atomic E-state index is 10.9. The van der Waals surface area contributed by atoms with Crippen molar-refractivity contribution in [2.45, 2.75) is 6.92 Å². The normalized spacial score (nSPS) is 8.75. The van der Waals surface area contributed by atoms with Gasteiger partial charge in [0.25, 0.3) is 0 Å². The number of pyridine rings is 1. The number of halogens is 1. The Morgan fingerprint density at radius 3 is 2.58 bits per heavy atom. The maximum Gasteiger partial charge on any atom is 0.352 e. The zero-order valence-corrected chi connectivity index (χ0v) is 7.14. The van der Waals surface area contributed by atoms with Crippen LogP contribution in [0.25, 0.3) is 0 Å². The lowest BCUT2D eigenvalue weighted by Crippen LogP contribution is -2.12. The fraction of sp³-hybridized carbons (Fsp3) is 0.143. The second-order valence-electron chi connectivity index (χ2n) is 2.15. The molecule has 66 valence electrons. The second kappa shape index (κ2) is 3.92. The van der Waals surface area contributed by atoms with Crippen LogP contribution in [0.1, 0.15) is 16.1 Å². The molecule has 0 unspecified atom stereocenters. The summed E-state index contributed by atoms with van der Waals surface area (Å²) < 4.78 is 0. The van der Waals surface area contributed by atoms with Gasteiger partial charge in [-0.1, -0.05) is 0 Å². The van der Waals surface area contributed by atoms with Gasteiger partial charge in [0.05, 0.1) is 0 Å². The van der Waals surface area contributed by atoms with Gasteiger partial charge in [-0.25, -0.2) is 4.79 Å². The van der Waals surface area contributed by atoms with Crippen LogP contribution in [0.4, 0.5) is 0 Å². The molecule has 0 aliphatic heterocycles. The van der Waals surface area contributed by atoms with Crippen LogP contribution in [-0.2, 0) is 0 Å². The quantitative estimate of drug-likeness (QED) is 0.687.